The van der Waals surface area contributed by atoms with Crippen molar-refractivity contribution in [3.8, 4) is 44.5 Å². The van der Waals surface area contributed by atoms with Gasteiger partial charge in [0.25, 0.3) is 0 Å². The second-order valence-corrected chi connectivity index (χ2v) is 20.0. The molecule has 2 aliphatic rings. The Balaban J connectivity index is 0.856. The number of anilines is 3. The molecule has 12 aromatic rings. The Labute approximate surface area is 415 Å². The van der Waals surface area contributed by atoms with Gasteiger partial charge in [-0.1, -0.05) is 208 Å². The molecule has 14 rings (SSSR count). The molecule has 12 aromatic carbocycles. The molecular formula is C70H49N. The van der Waals surface area contributed by atoms with E-state index in [4.69, 9.17) is 0 Å². The summed E-state index contributed by atoms with van der Waals surface area (Å²) in [5, 5.41) is 7.72. The van der Waals surface area contributed by atoms with Crippen molar-refractivity contribution in [3.05, 3.63) is 294 Å². The number of rotatable bonds is 8. The van der Waals surface area contributed by atoms with E-state index in [1.807, 2.05) is 0 Å². The molecule has 0 N–H and O–H groups in total. The van der Waals surface area contributed by atoms with Crippen LogP contribution in [0.3, 0.4) is 0 Å². The maximum absolute atomic E-state index is 2.50. The quantitative estimate of drug-likeness (QED) is 0.137. The average Bonchev–Trinajstić information content (AvgIpc) is 3.87. The van der Waals surface area contributed by atoms with Crippen LogP contribution in [-0.2, 0) is 10.8 Å². The van der Waals surface area contributed by atoms with Crippen molar-refractivity contribution in [1.82, 2.24) is 0 Å². The largest absolute Gasteiger partial charge is 0.310 e. The summed E-state index contributed by atoms with van der Waals surface area (Å²) in [4.78, 5) is 2.39. The lowest BCUT2D eigenvalue weighted by Gasteiger charge is -2.34. The molecule has 334 valence electrons. The SMILES string of the molecule is CC1(C)c2ccccc2-c2ccc(N(c3ccccc3)c3ccc(-c4ccc(-c5cc6c7c(ccc8cc(-c9ccc%10ccccc%10c9)cc(c87)C6(c6ccccc6)c6ccccc6)c5)cc4)cc3)cc21. The van der Waals surface area contributed by atoms with Crippen LogP contribution in [0.2, 0.25) is 0 Å². The van der Waals surface area contributed by atoms with Crippen LogP contribution in [0.5, 0.6) is 0 Å². The van der Waals surface area contributed by atoms with Crippen molar-refractivity contribution in [2.24, 2.45) is 0 Å². The van der Waals surface area contributed by atoms with Crippen LogP contribution >= 0.6 is 0 Å². The lowest BCUT2D eigenvalue weighted by atomic mass is 9.66. The van der Waals surface area contributed by atoms with Gasteiger partial charge in [0.2, 0.25) is 0 Å². The Kier molecular flexibility index (Phi) is 9.22. The third-order valence-corrected chi connectivity index (χ3v) is 15.9. The average molecular weight is 904 g/mol. The van der Waals surface area contributed by atoms with E-state index in [1.54, 1.807) is 0 Å². The first-order valence-corrected chi connectivity index (χ1v) is 24.9. The molecule has 0 unspecified atom stereocenters. The van der Waals surface area contributed by atoms with Crippen LogP contribution in [0, 0.1) is 0 Å². The predicted molar refractivity (Wildman–Crippen MR) is 299 cm³/mol. The second-order valence-electron chi connectivity index (χ2n) is 20.0. The maximum atomic E-state index is 2.50. The molecule has 0 aromatic heterocycles. The molecule has 1 nitrogen and oxygen atoms in total. The van der Waals surface area contributed by atoms with Crippen molar-refractivity contribution < 1.29 is 0 Å². The minimum Gasteiger partial charge on any atom is -0.310 e. The highest BCUT2D eigenvalue weighted by molar-refractivity contribution is 6.18. The third-order valence-electron chi connectivity index (χ3n) is 15.9. The monoisotopic (exact) mass is 903 g/mol. The number of benzene rings is 12. The smallest absolute Gasteiger partial charge is 0.0714 e. The zero-order valence-corrected chi connectivity index (χ0v) is 39.8. The summed E-state index contributed by atoms with van der Waals surface area (Å²) in [6.07, 6.45) is 0. The van der Waals surface area contributed by atoms with Gasteiger partial charge in [-0.05, 0) is 177 Å². The van der Waals surface area contributed by atoms with Gasteiger partial charge in [0.15, 0.2) is 0 Å². The predicted octanol–water partition coefficient (Wildman–Crippen LogP) is 18.6. The molecule has 0 radical (unpaired) electrons. The first-order valence-electron chi connectivity index (χ1n) is 24.9. The second kappa shape index (κ2) is 15.9. The summed E-state index contributed by atoms with van der Waals surface area (Å²) in [5.74, 6) is 0. The van der Waals surface area contributed by atoms with E-state index >= 15 is 0 Å². The fourth-order valence-corrected chi connectivity index (χ4v) is 12.4. The lowest BCUT2D eigenvalue weighted by Crippen LogP contribution is -2.28. The van der Waals surface area contributed by atoms with Gasteiger partial charge in [0, 0.05) is 22.5 Å². The molecule has 2 aliphatic carbocycles. The number of hydrogen-bond donors (Lipinski definition) is 0. The summed E-state index contributed by atoms with van der Waals surface area (Å²) in [6.45, 7) is 4.70. The number of nitrogens with zero attached hydrogens (tertiary/aromatic N) is 1. The molecule has 0 spiro atoms. The maximum Gasteiger partial charge on any atom is 0.0714 e. The van der Waals surface area contributed by atoms with Crippen molar-refractivity contribution >= 4 is 49.4 Å². The number of fused-ring (bicyclic) bond motifs is 4. The van der Waals surface area contributed by atoms with E-state index in [2.05, 4.69) is 280 Å². The molecule has 71 heavy (non-hydrogen) atoms. The number of para-hydroxylation sites is 1. The van der Waals surface area contributed by atoms with Crippen LogP contribution < -0.4 is 4.90 Å². The molecule has 0 amide bonds. The highest BCUT2D eigenvalue weighted by atomic mass is 15.1. The summed E-state index contributed by atoms with van der Waals surface area (Å²) in [5.41, 5.74) is 20.7. The molecule has 0 saturated carbocycles. The molecule has 0 fully saturated rings. The van der Waals surface area contributed by atoms with Gasteiger partial charge >= 0.3 is 0 Å². The molecule has 0 aliphatic heterocycles. The van der Waals surface area contributed by atoms with Gasteiger partial charge in [-0.2, -0.15) is 0 Å². The Bertz CT molecular complexity index is 4000. The standard InChI is InChI=1S/C70H49N/c1-69(2)63-25-15-14-24-61(63)62-39-38-60(45-64(62)69)71(58-22-10-5-11-23-58)59-36-34-48(35-37-59)47-26-28-49(29-27-47)54-41-52-32-33-53-42-55(51-31-30-46-16-12-13-17-50(46)40-51)44-66-68(53)67(52)65(43-54)70(66,56-18-6-3-7-19-56)57-20-8-4-9-21-57/h3-45H,1-2H3. The Morgan fingerprint density at radius 1 is 0.268 bits per heavy atom. The van der Waals surface area contributed by atoms with Crippen LogP contribution in [-0.4, -0.2) is 0 Å². The summed E-state index contributed by atoms with van der Waals surface area (Å²) >= 11 is 0. The van der Waals surface area contributed by atoms with Crippen molar-refractivity contribution in [3.63, 3.8) is 0 Å². The first kappa shape index (κ1) is 41.2. The topological polar surface area (TPSA) is 3.24 Å². The zero-order chi connectivity index (χ0) is 47.3. The van der Waals surface area contributed by atoms with Crippen LogP contribution in [0.1, 0.15) is 47.2 Å². The highest BCUT2D eigenvalue weighted by Crippen LogP contribution is 2.58. The molecular weight excluding hydrogens is 855 g/mol. The van der Waals surface area contributed by atoms with E-state index < -0.39 is 5.41 Å². The molecule has 1 heteroatoms. The fraction of sp³-hybridized carbons (Fsp3) is 0.0571. The van der Waals surface area contributed by atoms with Gasteiger partial charge in [-0.3, -0.25) is 0 Å². The van der Waals surface area contributed by atoms with E-state index in [0.29, 0.717) is 0 Å². The highest BCUT2D eigenvalue weighted by Gasteiger charge is 2.45. The van der Waals surface area contributed by atoms with E-state index in [9.17, 15) is 0 Å². The Morgan fingerprint density at radius 3 is 1.34 bits per heavy atom. The van der Waals surface area contributed by atoms with E-state index in [1.165, 1.54) is 110 Å². The summed E-state index contributed by atoms with van der Waals surface area (Å²) in [6, 6.07) is 97.4. The minimum absolute atomic E-state index is 0.0850. The van der Waals surface area contributed by atoms with Crippen LogP contribution in [0.4, 0.5) is 17.1 Å². The van der Waals surface area contributed by atoms with Crippen LogP contribution in [0.25, 0.3) is 76.8 Å². The molecule has 0 bridgehead atoms. The van der Waals surface area contributed by atoms with Crippen molar-refractivity contribution in [1.29, 1.82) is 0 Å². The van der Waals surface area contributed by atoms with Gasteiger partial charge < -0.3 is 4.90 Å². The van der Waals surface area contributed by atoms with Crippen LogP contribution in [0.15, 0.2) is 261 Å². The van der Waals surface area contributed by atoms with Gasteiger partial charge in [-0.25, -0.2) is 0 Å². The summed E-state index contributed by atoms with van der Waals surface area (Å²) < 4.78 is 0. The third kappa shape index (κ3) is 6.33. The van der Waals surface area contributed by atoms with E-state index in [-0.39, 0.29) is 5.41 Å². The van der Waals surface area contributed by atoms with Crippen molar-refractivity contribution in [2.75, 3.05) is 4.90 Å². The normalized spacial score (nSPS) is 13.7. The van der Waals surface area contributed by atoms with E-state index in [0.717, 1.165) is 17.1 Å². The number of hydrogen-bond acceptors (Lipinski definition) is 1. The summed E-state index contributed by atoms with van der Waals surface area (Å²) in [7, 11) is 0. The molecule has 0 atom stereocenters. The van der Waals surface area contributed by atoms with Crippen molar-refractivity contribution in [2.45, 2.75) is 24.7 Å². The Hall–Kier alpha value is -8.78. The lowest BCUT2D eigenvalue weighted by molar-refractivity contribution is 0.660. The molecule has 0 heterocycles. The van der Waals surface area contributed by atoms with Gasteiger partial charge in [0.1, 0.15) is 0 Å². The first-order chi connectivity index (χ1) is 34.9. The Morgan fingerprint density at radius 2 is 0.704 bits per heavy atom. The van der Waals surface area contributed by atoms with Gasteiger partial charge in [0.05, 0.1) is 5.41 Å². The van der Waals surface area contributed by atoms with Gasteiger partial charge in [-0.15, -0.1) is 0 Å². The zero-order valence-electron chi connectivity index (χ0n) is 39.8. The molecule has 0 saturated heterocycles. The minimum atomic E-state index is -0.540. The fourth-order valence-electron chi connectivity index (χ4n) is 12.4.